The highest BCUT2D eigenvalue weighted by atomic mass is 19.1. The van der Waals surface area contributed by atoms with Crippen LogP contribution < -0.4 is 10.1 Å². The van der Waals surface area contributed by atoms with E-state index in [0.717, 1.165) is 19.3 Å². The van der Waals surface area contributed by atoms with E-state index >= 15 is 0 Å². The van der Waals surface area contributed by atoms with Crippen LogP contribution in [0.15, 0.2) is 24.3 Å². The number of nitrogens with one attached hydrogen (secondary N) is 1. The molecular weight excluding hydrogens is 273 g/mol. The number of benzene rings is 1. The maximum absolute atomic E-state index is 13.5. The minimum absolute atomic E-state index is 0.140. The molecule has 0 aromatic heterocycles. The number of hydrogen-bond donors (Lipinski definition) is 2. The molecule has 1 aliphatic rings. The van der Waals surface area contributed by atoms with Crippen molar-refractivity contribution in [3.05, 3.63) is 35.7 Å². The van der Waals surface area contributed by atoms with Gasteiger partial charge in [0.05, 0.1) is 13.2 Å². The van der Waals surface area contributed by atoms with E-state index in [1.165, 1.54) is 25.3 Å². The predicted octanol–water partition coefficient (Wildman–Crippen LogP) is 2.12. The third-order valence-electron chi connectivity index (χ3n) is 3.76. The Hall–Kier alpha value is -1.88. The Morgan fingerprint density at radius 1 is 1.52 bits per heavy atom. The van der Waals surface area contributed by atoms with Gasteiger partial charge in [0, 0.05) is 18.5 Å². The lowest BCUT2D eigenvalue weighted by Crippen LogP contribution is -2.31. The van der Waals surface area contributed by atoms with E-state index in [9.17, 15) is 14.3 Å². The zero-order valence-corrected chi connectivity index (χ0v) is 12.0. The summed E-state index contributed by atoms with van der Waals surface area (Å²) < 4.78 is 18.3. The lowest BCUT2D eigenvalue weighted by atomic mass is 10.1. The Balaban J connectivity index is 1.85. The van der Waals surface area contributed by atoms with E-state index < -0.39 is 5.82 Å². The molecule has 1 saturated carbocycles. The molecule has 0 heterocycles. The molecule has 1 fully saturated rings. The van der Waals surface area contributed by atoms with Gasteiger partial charge in [0.2, 0.25) is 5.91 Å². The third-order valence-corrected chi connectivity index (χ3v) is 3.76. The number of carbonyl (C=O) groups excluding carboxylic acids is 1. The van der Waals surface area contributed by atoms with Crippen LogP contribution in [0.5, 0.6) is 5.75 Å². The SMILES string of the molecule is COc1ccc(C=CC(=O)NCC2CCCC2O)cc1F. The summed E-state index contributed by atoms with van der Waals surface area (Å²) in [5.41, 5.74) is 0.587. The molecule has 1 aromatic carbocycles. The van der Waals surface area contributed by atoms with Crippen LogP contribution in [0.25, 0.3) is 6.08 Å². The molecule has 2 N–H and O–H groups in total. The van der Waals surface area contributed by atoms with Crippen molar-refractivity contribution in [3.8, 4) is 5.75 Å². The zero-order valence-electron chi connectivity index (χ0n) is 12.0. The smallest absolute Gasteiger partial charge is 0.244 e. The van der Waals surface area contributed by atoms with Crippen LogP contribution in [0, 0.1) is 11.7 Å². The third kappa shape index (κ3) is 4.29. The topological polar surface area (TPSA) is 58.6 Å². The summed E-state index contributed by atoms with van der Waals surface area (Å²) in [7, 11) is 1.40. The molecule has 2 atom stereocenters. The second-order valence-corrected chi connectivity index (χ2v) is 5.23. The highest BCUT2D eigenvalue weighted by Crippen LogP contribution is 2.24. The second kappa shape index (κ2) is 7.22. The molecule has 5 heteroatoms. The Kier molecular flexibility index (Phi) is 5.33. The average molecular weight is 293 g/mol. The molecule has 0 bridgehead atoms. The molecule has 114 valence electrons. The second-order valence-electron chi connectivity index (χ2n) is 5.23. The Bertz CT molecular complexity index is 530. The number of halogens is 1. The number of methoxy groups -OCH3 is 1. The van der Waals surface area contributed by atoms with Crippen LogP contribution in [-0.2, 0) is 4.79 Å². The fourth-order valence-corrected chi connectivity index (χ4v) is 2.50. The van der Waals surface area contributed by atoms with Gasteiger partial charge < -0.3 is 15.2 Å². The molecule has 2 unspecified atom stereocenters. The summed E-state index contributed by atoms with van der Waals surface area (Å²) in [6.07, 6.45) is 5.34. The molecule has 0 spiro atoms. The van der Waals surface area contributed by atoms with E-state index in [2.05, 4.69) is 5.32 Å². The highest BCUT2D eigenvalue weighted by molar-refractivity contribution is 5.91. The minimum atomic E-state index is -0.464. The van der Waals surface area contributed by atoms with E-state index in [1.54, 1.807) is 12.1 Å². The minimum Gasteiger partial charge on any atom is -0.494 e. The first kappa shape index (κ1) is 15.5. The van der Waals surface area contributed by atoms with Gasteiger partial charge in [-0.2, -0.15) is 0 Å². The monoisotopic (exact) mass is 293 g/mol. The maximum Gasteiger partial charge on any atom is 0.244 e. The largest absolute Gasteiger partial charge is 0.494 e. The molecule has 1 aliphatic carbocycles. The van der Waals surface area contributed by atoms with Gasteiger partial charge in [0.1, 0.15) is 0 Å². The molecule has 0 radical (unpaired) electrons. The molecule has 1 aromatic rings. The van der Waals surface area contributed by atoms with Crippen LogP contribution in [-0.4, -0.2) is 30.8 Å². The summed E-state index contributed by atoms with van der Waals surface area (Å²) in [4.78, 5) is 11.7. The van der Waals surface area contributed by atoms with Crippen molar-refractivity contribution in [1.82, 2.24) is 5.32 Å². The van der Waals surface area contributed by atoms with Crippen molar-refractivity contribution in [2.45, 2.75) is 25.4 Å². The lowest BCUT2D eigenvalue weighted by Gasteiger charge is -2.13. The summed E-state index contributed by atoms with van der Waals surface area (Å²) in [5.74, 6) is -0.396. The Labute approximate surface area is 123 Å². The van der Waals surface area contributed by atoms with Crippen LogP contribution in [0.1, 0.15) is 24.8 Å². The average Bonchev–Trinajstić information content (AvgIpc) is 2.88. The fourth-order valence-electron chi connectivity index (χ4n) is 2.50. The first-order chi connectivity index (χ1) is 10.1. The van der Waals surface area contributed by atoms with Gasteiger partial charge in [-0.15, -0.1) is 0 Å². The van der Waals surface area contributed by atoms with Gasteiger partial charge in [-0.25, -0.2) is 4.39 Å². The van der Waals surface area contributed by atoms with Crippen molar-refractivity contribution in [1.29, 1.82) is 0 Å². The quantitative estimate of drug-likeness (QED) is 0.818. The summed E-state index contributed by atoms with van der Waals surface area (Å²) in [5, 5.41) is 12.4. The standard InChI is InChI=1S/C16H20FNO3/c1-21-15-7-5-11(9-13(15)17)6-8-16(20)18-10-12-3-2-4-14(12)19/h5-9,12,14,19H,2-4,10H2,1H3,(H,18,20). The fraction of sp³-hybridized carbons (Fsp3) is 0.438. The van der Waals surface area contributed by atoms with Gasteiger partial charge in [0.25, 0.3) is 0 Å². The number of amides is 1. The van der Waals surface area contributed by atoms with Crippen LogP contribution >= 0.6 is 0 Å². The first-order valence-corrected chi connectivity index (χ1v) is 7.07. The van der Waals surface area contributed by atoms with Crippen LogP contribution in [0.3, 0.4) is 0 Å². The highest BCUT2D eigenvalue weighted by Gasteiger charge is 2.24. The number of carbonyl (C=O) groups is 1. The molecule has 4 nitrogen and oxygen atoms in total. The van der Waals surface area contributed by atoms with Gasteiger partial charge in [-0.3, -0.25) is 4.79 Å². The number of aliphatic hydroxyl groups excluding tert-OH is 1. The number of rotatable bonds is 5. The number of hydrogen-bond acceptors (Lipinski definition) is 3. The van der Waals surface area contributed by atoms with E-state index in [4.69, 9.17) is 4.74 Å². The molecular formula is C16H20FNO3. The van der Waals surface area contributed by atoms with Gasteiger partial charge >= 0.3 is 0 Å². The Morgan fingerprint density at radius 3 is 2.95 bits per heavy atom. The van der Waals surface area contributed by atoms with E-state index in [0.29, 0.717) is 12.1 Å². The summed E-state index contributed by atoms with van der Waals surface area (Å²) in [6, 6.07) is 4.50. The zero-order chi connectivity index (χ0) is 15.2. The van der Waals surface area contributed by atoms with Gasteiger partial charge in [0.15, 0.2) is 11.6 Å². The number of aliphatic hydroxyl groups is 1. The summed E-state index contributed by atoms with van der Waals surface area (Å²) >= 11 is 0. The van der Waals surface area contributed by atoms with E-state index in [1.807, 2.05) is 0 Å². The van der Waals surface area contributed by atoms with Crippen LogP contribution in [0.2, 0.25) is 0 Å². The molecule has 2 rings (SSSR count). The predicted molar refractivity (Wildman–Crippen MR) is 78.3 cm³/mol. The lowest BCUT2D eigenvalue weighted by molar-refractivity contribution is -0.116. The van der Waals surface area contributed by atoms with Gasteiger partial charge in [-0.05, 0) is 36.6 Å². The number of ether oxygens (including phenoxy) is 1. The summed E-state index contributed by atoms with van der Waals surface area (Å²) in [6.45, 7) is 0.474. The van der Waals surface area contributed by atoms with Crippen LogP contribution in [0.4, 0.5) is 4.39 Å². The van der Waals surface area contributed by atoms with Crippen molar-refractivity contribution in [3.63, 3.8) is 0 Å². The van der Waals surface area contributed by atoms with Gasteiger partial charge in [-0.1, -0.05) is 12.5 Å². The molecule has 21 heavy (non-hydrogen) atoms. The van der Waals surface area contributed by atoms with Crippen molar-refractivity contribution in [2.24, 2.45) is 5.92 Å². The normalized spacial score (nSPS) is 21.7. The molecule has 0 aliphatic heterocycles. The van der Waals surface area contributed by atoms with Crippen molar-refractivity contribution >= 4 is 12.0 Å². The van der Waals surface area contributed by atoms with Crippen molar-refractivity contribution < 1.29 is 19.0 Å². The van der Waals surface area contributed by atoms with Crippen molar-refractivity contribution in [2.75, 3.05) is 13.7 Å². The van der Waals surface area contributed by atoms with E-state index in [-0.39, 0.29) is 23.7 Å². The Morgan fingerprint density at radius 2 is 2.33 bits per heavy atom. The maximum atomic E-state index is 13.5. The molecule has 0 saturated heterocycles. The first-order valence-electron chi connectivity index (χ1n) is 7.07. The molecule has 1 amide bonds.